The first-order valence-electron chi connectivity index (χ1n) is 7.11. The van der Waals surface area contributed by atoms with Gasteiger partial charge in [-0.25, -0.2) is 9.97 Å². The predicted octanol–water partition coefficient (Wildman–Crippen LogP) is 1.84. The van der Waals surface area contributed by atoms with Crippen LogP contribution in [-0.2, 0) is 4.74 Å². The van der Waals surface area contributed by atoms with Crippen molar-refractivity contribution in [2.24, 2.45) is 0 Å². The van der Waals surface area contributed by atoms with Crippen molar-refractivity contribution in [3.8, 4) is 0 Å². The summed E-state index contributed by atoms with van der Waals surface area (Å²) in [5, 5.41) is 6.00. The number of hydrogen-bond acceptors (Lipinski definition) is 5. The normalized spacial score (nSPS) is 10.3. The summed E-state index contributed by atoms with van der Waals surface area (Å²) in [6.45, 7) is 4.27. The van der Waals surface area contributed by atoms with Crippen LogP contribution in [0, 0.1) is 0 Å². The Hall–Kier alpha value is -1.69. The van der Waals surface area contributed by atoms with Crippen molar-refractivity contribution in [1.29, 1.82) is 0 Å². The molecule has 20 heavy (non-hydrogen) atoms. The molecule has 0 aromatic carbocycles. The predicted molar refractivity (Wildman–Crippen MR) is 78.9 cm³/mol. The van der Waals surface area contributed by atoms with Crippen molar-refractivity contribution in [3.05, 3.63) is 18.1 Å². The Kier molecular flexibility index (Phi) is 8.30. The number of methoxy groups -OCH3 is 1. The average molecular weight is 280 g/mol. The van der Waals surface area contributed by atoms with Crippen LogP contribution in [0.2, 0.25) is 0 Å². The summed E-state index contributed by atoms with van der Waals surface area (Å²) in [6, 6.07) is 1.67. The topological polar surface area (TPSA) is 76.1 Å². The second kappa shape index (κ2) is 10.1. The largest absolute Gasteiger partial charge is 0.385 e. The van der Waals surface area contributed by atoms with Crippen molar-refractivity contribution in [2.75, 3.05) is 32.1 Å². The van der Waals surface area contributed by atoms with E-state index >= 15 is 0 Å². The third-order valence-electron chi connectivity index (χ3n) is 2.80. The lowest BCUT2D eigenvalue weighted by molar-refractivity contribution is 0.0948. The summed E-state index contributed by atoms with van der Waals surface area (Å²) in [7, 11) is 1.67. The summed E-state index contributed by atoms with van der Waals surface area (Å²) >= 11 is 0. The van der Waals surface area contributed by atoms with E-state index in [9.17, 15) is 4.79 Å². The highest BCUT2D eigenvalue weighted by atomic mass is 16.5. The van der Waals surface area contributed by atoms with Gasteiger partial charge in [0.05, 0.1) is 0 Å². The first-order valence-corrected chi connectivity index (χ1v) is 7.11. The van der Waals surface area contributed by atoms with Crippen LogP contribution in [0.25, 0.3) is 0 Å². The zero-order valence-electron chi connectivity index (χ0n) is 12.3. The minimum Gasteiger partial charge on any atom is -0.385 e. The van der Waals surface area contributed by atoms with Crippen molar-refractivity contribution in [1.82, 2.24) is 15.3 Å². The molecule has 1 heterocycles. The Balaban J connectivity index is 2.39. The molecular weight excluding hydrogens is 256 g/mol. The average Bonchev–Trinajstić information content (AvgIpc) is 2.48. The van der Waals surface area contributed by atoms with E-state index in [1.165, 1.54) is 6.33 Å². The monoisotopic (exact) mass is 280 g/mol. The van der Waals surface area contributed by atoms with Crippen molar-refractivity contribution < 1.29 is 9.53 Å². The third kappa shape index (κ3) is 6.47. The lowest BCUT2D eigenvalue weighted by Gasteiger charge is -2.07. The van der Waals surface area contributed by atoms with E-state index in [0.717, 1.165) is 32.2 Å². The highest BCUT2D eigenvalue weighted by Crippen LogP contribution is 2.04. The second-order valence-corrected chi connectivity index (χ2v) is 4.52. The van der Waals surface area contributed by atoms with Gasteiger partial charge in [0.2, 0.25) is 0 Å². The number of amides is 1. The van der Waals surface area contributed by atoms with Gasteiger partial charge in [-0.15, -0.1) is 0 Å². The van der Waals surface area contributed by atoms with E-state index in [2.05, 4.69) is 27.5 Å². The summed E-state index contributed by atoms with van der Waals surface area (Å²) in [4.78, 5) is 20.0. The summed E-state index contributed by atoms with van der Waals surface area (Å²) in [5.41, 5.74) is 0.394. The minimum absolute atomic E-state index is 0.150. The van der Waals surface area contributed by atoms with E-state index in [1.807, 2.05) is 0 Å². The van der Waals surface area contributed by atoms with Gasteiger partial charge in [-0.1, -0.05) is 19.8 Å². The first kappa shape index (κ1) is 16.4. The molecule has 1 rings (SSSR count). The second-order valence-electron chi connectivity index (χ2n) is 4.52. The summed E-state index contributed by atoms with van der Waals surface area (Å²) in [6.07, 6.45) is 5.55. The quantitative estimate of drug-likeness (QED) is 0.640. The first-order chi connectivity index (χ1) is 9.77. The van der Waals surface area contributed by atoms with Gasteiger partial charge in [0.25, 0.3) is 5.91 Å². The van der Waals surface area contributed by atoms with Crippen LogP contribution in [0.4, 0.5) is 5.82 Å². The number of carbonyl (C=O) groups excluding carboxylic acids is 1. The van der Waals surface area contributed by atoms with Gasteiger partial charge < -0.3 is 15.4 Å². The smallest absolute Gasteiger partial charge is 0.270 e. The van der Waals surface area contributed by atoms with Crippen molar-refractivity contribution in [2.45, 2.75) is 32.6 Å². The Bertz CT molecular complexity index is 399. The number of hydrogen-bond donors (Lipinski definition) is 2. The van der Waals surface area contributed by atoms with Gasteiger partial charge in [-0.05, 0) is 12.8 Å². The Labute approximate surface area is 120 Å². The number of aromatic nitrogens is 2. The molecule has 112 valence electrons. The molecule has 1 amide bonds. The SMILES string of the molecule is CCCCCNC(=O)c1cc(NCCCOC)ncn1. The number of carbonyl (C=O) groups is 1. The molecule has 0 aliphatic heterocycles. The maximum absolute atomic E-state index is 11.9. The molecule has 0 aliphatic carbocycles. The van der Waals surface area contributed by atoms with Gasteiger partial charge >= 0.3 is 0 Å². The molecule has 6 heteroatoms. The van der Waals surface area contributed by atoms with Crippen LogP contribution in [0.3, 0.4) is 0 Å². The van der Waals surface area contributed by atoms with Crippen LogP contribution < -0.4 is 10.6 Å². The number of unbranched alkanes of at least 4 members (excludes halogenated alkanes) is 2. The molecule has 0 atom stereocenters. The number of anilines is 1. The van der Waals surface area contributed by atoms with Gasteiger partial charge in [-0.2, -0.15) is 0 Å². The fourth-order valence-electron chi connectivity index (χ4n) is 1.68. The van der Waals surface area contributed by atoms with Crippen LogP contribution in [0.15, 0.2) is 12.4 Å². The molecule has 1 aromatic rings. The van der Waals surface area contributed by atoms with E-state index in [-0.39, 0.29) is 5.91 Å². The minimum atomic E-state index is -0.150. The fourth-order valence-corrected chi connectivity index (χ4v) is 1.68. The van der Waals surface area contributed by atoms with E-state index in [0.29, 0.717) is 24.7 Å². The van der Waals surface area contributed by atoms with E-state index < -0.39 is 0 Å². The van der Waals surface area contributed by atoms with Gasteiger partial charge in [0, 0.05) is 32.9 Å². The fraction of sp³-hybridized carbons (Fsp3) is 0.643. The number of nitrogens with one attached hydrogen (secondary N) is 2. The van der Waals surface area contributed by atoms with E-state index in [4.69, 9.17) is 4.74 Å². The van der Waals surface area contributed by atoms with Crippen LogP contribution >= 0.6 is 0 Å². The Morgan fingerprint density at radius 1 is 1.25 bits per heavy atom. The zero-order chi connectivity index (χ0) is 14.6. The van der Waals surface area contributed by atoms with E-state index in [1.54, 1.807) is 13.2 Å². The van der Waals surface area contributed by atoms with Crippen molar-refractivity contribution in [3.63, 3.8) is 0 Å². The highest BCUT2D eigenvalue weighted by Gasteiger charge is 2.07. The number of ether oxygens (including phenoxy) is 1. The molecule has 0 saturated carbocycles. The summed E-state index contributed by atoms with van der Waals surface area (Å²) in [5.74, 6) is 0.512. The zero-order valence-corrected chi connectivity index (χ0v) is 12.3. The third-order valence-corrected chi connectivity index (χ3v) is 2.80. The molecule has 1 aromatic heterocycles. The molecule has 0 bridgehead atoms. The molecule has 0 saturated heterocycles. The Morgan fingerprint density at radius 3 is 2.85 bits per heavy atom. The van der Waals surface area contributed by atoms with Gasteiger partial charge in [0.1, 0.15) is 17.8 Å². The molecule has 0 spiro atoms. The standard InChI is InChI=1S/C14H24N4O2/c1-3-4-5-7-16-14(19)12-10-13(18-11-17-12)15-8-6-9-20-2/h10-11H,3-9H2,1-2H3,(H,16,19)(H,15,17,18). The molecule has 0 radical (unpaired) electrons. The van der Waals surface area contributed by atoms with Crippen molar-refractivity contribution >= 4 is 11.7 Å². The molecule has 2 N–H and O–H groups in total. The lowest BCUT2D eigenvalue weighted by atomic mass is 10.2. The lowest BCUT2D eigenvalue weighted by Crippen LogP contribution is -2.25. The molecule has 0 unspecified atom stereocenters. The maximum atomic E-state index is 11.9. The molecule has 6 nitrogen and oxygen atoms in total. The molecular formula is C14H24N4O2. The number of nitrogens with zero attached hydrogens (tertiary/aromatic N) is 2. The highest BCUT2D eigenvalue weighted by molar-refractivity contribution is 5.92. The maximum Gasteiger partial charge on any atom is 0.270 e. The van der Waals surface area contributed by atoms with Crippen LogP contribution in [0.5, 0.6) is 0 Å². The van der Waals surface area contributed by atoms with Crippen LogP contribution in [-0.4, -0.2) is 42.7 Å². The molecule has 0 fully saturated rings. The van der Waals surface area contributed by atoms with Crippen LogP contribution in [0.1, 0.15) is 43.1 Å². The molecule has 0 aliphatic rings. The summed E-state index contributed by atoms with van der Waals surface area (Å²) < 4.78 is 4.97. The van der Waals surface area contributed by atoms with Gasteiger partial charge in [-0.3, -0.25) is 4.79 Å². The van der Waals surface area contributed by atoms with Gasteiger partial charge in [0.15, 0.2) is 0 Å². The number of rotatable bonds is 10. The Morgan fingerprint density at radius 2 is 2.10 bits per heavy atom.